The summed E-state index contributed by atoms with van der Waals surface area (Å²) in [5.41, 5.74) is 0.510. The number of nitrogens with zero attached hydrogens (tertiary/aromatic N) is 1. The van der Waals surface area contributed by atoms with Gasteiger partial charge in [0.25, 0.3) is 0 Å². The van der Waals surface area contributed by atoms with E-state index in [9.17, 15) is 4.79 Å². The third-order valence-corrected chi connectivity index (χ3v) is 3.23. The predicted molar refractivity (Wildman–Crippen MR) is 84.1 cm³/mol. The lowest BCUT2D eigenvalue weighted by molar-refractivity contribution is -0.158. The third-order valence-electron chi connectivity index (χ3n) is 3.23. The van der Waals surface area contributed by atoms with Crippen molar-refractivity contribution in [2.45, 2.75) is 73.0 Å². The highest BCUT2D eigenvalue weighted by atomic mass is 16.6. The minimum atomic E-state index is -0.475. The van der Waals surface area contributed by atoms with Gasteiger partial charge >= 0.3 is 5.97 Å². The first kappa shape index (κ1) is 16.9. The lowest BCUT2D eigenvalue weighted by atomic mass is 9.87. The lowest BCUT2D eigenvalue weighted by Gasteiger charge is -2.29. The third kappa shape index (κ3) is 5.48. The summed E-state index contributed by atoms with van der Waals surface area (Å²) in [5.74, 6) is 0.374. The van der Waals surface area contributed by atoms with Crippen LogP contribution in [0.25, 0.3) is 0 Å². The average Bonchev–Trinajstić information content (AvgIpc) is 2.59. The maximum absolute atomic E-state index is 12.3. The molecule has 0 aliphatic heterocycles. The Bertz CT molecular complexity index is 408. The van der Waals surface area contributed by atoms with E-state index in [1.54, 1.807) is 0 Å². The van der Waals surface area contributed by atoms with E-state index in [0.717, 1.165) is 6.42 Å². The Kier molecular flexibility index (Phi) is 5.17. The normalized spacial score (nSPS) is 21.9. The lowest BCUT2D eigenvalue weighted by Crippen LogP contribution is -2.38. The van der Waals surface area contributed by atoms with Gasteiger partial charge in [-0.15, -0.1) is 0 Å². The predicted octanol–water partition coefficient (Wildman–Crippen LogP) is 4.17. The number of carbonyl (C=O) groups excluding carboxylic acids is 1. The van der Waals surface area contributed by atoms with Crippen molar-refractivity contribution in [2.24, 2.45) is 16.3 Å². The Morgan fingerprint density at radius 2 is 1.95 bits per heavy atom. The van der Waals surface area contributed by atoms with Gasteiger partial charge in [0.2, 0.25) is 0 Å². The van der Waals surface area contributed by atoms with Gasteiger partial charge in [0.1, 0.15) is 5.60 Å². The molecule has 0 aromatic rings. The molecule has 0 saturated heterocycles. The molecule has 0 radical (unpaired) electrons. The molecule has 0 amide bonds. The van der Waals surface area contributed by atoms with Crippen LogP contribution in [-0.4, -0.2) is 23.8 Å². The van der Waals surface area contributed by atoms with E-state index in [0.29, 0.717) is 5.92 Å². The molecule has 0 N–H and O–H groups in total. The Balaban J connectivity index is 2.83. The molecular formula is C17H29NO2. The van der Waals surface area contributed by atoms with Crippen molar-refractivity contribution < 1.29 is 9.53 Å². The van der Waals surface area contributed by atoms with Gasteiger partial charge in [-0.3, -0.25) is 4.99 Å². The molecule has 1 aliphatic rings. The number of rotatable bonds is 3. The monoisotopic (exact) mass is 279 g/mol. The summed E-state index contributed by atoms with van der Waals surface area (Å²) in [5, 5.41) is 0. The smallest absolute Gasteiger partial charge is 0.331 e. The summed E-state index contributed by atoms with van der Waals surface area (Å²) in [4.78, 5) is 16.8. The second kappa shape index (κ2) is 6.11. The quantitative estimate of drug-likeness (QED) is 0.574. The van der Waals surface area contributed by atoms with Crippen LogP contribution in [-0.2, 0) is 9.53 Å². The van der Waals surface area contributed by atoms with Gasteiger partial charge in [0.15, 0.2) is 6.04 Å². The van der Waals surface area contributed by atoms with E-state index in [4.69, 9.17) is 4.74 Å². The zero-order valence-electron chi connectivity index (χ0n) is 14.0. The van der Waals surface area contributed by atoms with E-state index >= 15 is 0 Å². The molecule has 0 aromatic heterocycles. The van der Waals surface area contributed by atoms with Gasteiger partial charge in [-0.25, -0.2) is 4.79 Å². The second-order valence-corrected chi connectivity index (χ2v) is 7.84. The molecule has 1 aliphatic carbocycles. The molecule has 20 heavy (non-hydrogen) atoms. The van der Waals surface area contributed by atoms with Crippen LogP contribution in [0.3, 0.4) is 0 Å². The van der Waals surface area contributed by atoms with Crippen molar-refractivity contribution >= 4 is 12.2 Å². The molecule has 0 heterocycles. The van der Waals surface area contributed by atoms with Crippen LogP contribution in [0.4, 0.5) is 0 Å². The largest absolute Gasteiger partial charge is 0.458 e. The number of hydrogen-bond donors (Lipinski definition) is 0. The van der Waals surface area contributed by atoms with E-state index in [2.05, 4.69) is 18.0 Å². The molecule has 0 bridgehead atoms. The van der Waals surface area contributed by atoms with Gasteiger partial charge in [0, 0.05) is 6.21 Å². The second-order valence-electron chi connectivity index (χ2n) is 7.84. The fraction of sp³-hybridized carbons (Fsp3) is 0.765. The van der Waals surface area contributed by atoms with Crippen LogP contribution in [0.2, 0.25) is 0 Å². The fourth-order valence-corrected chi connectivity index (χ4v) is 2.20. The average molecular weight is 279 g/mol. The van der Waals surface area contributed by atoms with Crippen LogP contribution in [0.1, 0.15) is 61.3 Å². The molecule has 114 valence electrons. The summed E-state index contributed by atoms with van der Waals surface area (Å²) >= 11 is 0. The summed E-state index contributed by atoms with van der Waals surface area (Å²) in [6, 6.07) is -0.460. The standard InChI is InChI=1S/C17H29NO2/c1-12-8-9-13(10-12)11-18-14(16(2,3)4)15(19)20-17(5,6)7/h10-12,14H,8-9H2,1-7H3/t12?,14-/m1/s1. The van der Waals surface area contributed by atoms with E-state index in [-0.39, 0.29) is 11.4 Å². The van der Waals surface area contributed by atoms with Gasteiger partial charge in [-0.05, 0) is 50.5 Å². The zero-order valence-corrected chi connectivity index (χ0v) is 14.0. The van der Waals surface area contributed by atoms with Crippen molar-refractivity contribution in [1.82, 2.24) is 0 Å². The van der Waals surface area contributed by atoms with E-state index < -0.39 is 11.6 Å². The van der Waals surface area contributed by atoms with Crippen LogP contribution < -0.4 is 0 Å². The Labute approximate surface area is 123 Å². The molecular weight excluding hydrogens is 250 g/mol. The maximum atomic E-state index is 12.3. The van der Waals surface area contributed by atoms with Gasteiger partial charge in [0.05, 0.1) is 0 Å². The van der Waals surface area contributed by atoms with Gasteiger partial charge in [-0.2, -0.15) is 0 Å². The number of hydrogen-bond acceptors (Lipinski definition) is 3. The number of allylic oxidation sites excluding steroid dienone is 2. The van der Waals surface area contributed by atoms with Crippen LogP contribution in [0.5, 0.6) is 0 Å². The number of ether oxygens (including phenoxy) is 1. The SMILES string of the molecule is CC1C=C(C=N[C@H](C(=O)OC(C)(C)C)C(C)(C)C)CC1. The highest BCUT2D eigenvalue weighted by Crippen LogP contribution is 2.27. The van der Waals surface area contributed by atoms with Crippen molar-refractivity contribution in [3.05, 3.63) is 11.6 Å². The first-order chi connectivity index (χ1) is 8.99. The van der Waals surface area contributed by atoms with Crippen LogP contribution in [0, 0.1) is 11.3 Å². The molecule has 0 saturated carbocycles. The van der Waals surface area contributed by atoms with Crippen molar-refractivity contribution in [1.29, 1.82) is 0 Å². The van der Waals surface area contributed by atoms with Crippen molar-refractivity contribution in [3.63, 3.8) is 0 Å². The molecule has 1 rings (SSSR count). The summed E-state index contributed by atoms with van der Waals surface area (Å²) in [6.45, 7) is 13.9. The van der Waals surface area contributed by atoms with Gasteiger partial charge < -0.3 is 4.74 Å². The number of aliphatic imine (C=N–C) groups is 1. The first-order valence-electron chi connectivity index (χ1n) is 7.46. The summed E-state index contributed by atoms with van der Waals surface area (Å²) in [6.07, 6.45) is 6.32. The Hall–Kier alpha value is -1.12. The Morgan fingerprint density at radius 3 is 2.35 bits per heavy atom. The van der Waals surface area contributed by atoms with Crippen LogP contribution >= 0.6 is 0 Å². The molecule has 3 heteroatoms. The maximum Gasteiger partial charge on any atom is 0.331 e. The molecule has 0 fully saturated rings. The minimum absolute atomic E-state index is 0.243. The highest BCUT2D eigenvalue weighted by molar-refractivity contribution is 5.84. The molecule has 2 atom stereocenters. The molecule has 3 nitrogen and oxygen atoms in total. The molecule has 0 aromatic carbocycles. The summed E-state index contributed by atoms with van der Waals surface area (Å²) < 4.78 is 5.49. The van der Waals surface area contributed by atoms with Crippen LogP contribution in [0.15, 0.2) is 16.6 Å². The Morgan fingerprint density at radius 1 is 1.35 bits per heavy atom. The molecule has 1 unspecified atom stereocenters. The minimum Gasteiger partial charge on any atom is -0.458 e. The number of esters is 1. The first-order valence-corrected chi connectivity index (χ1v) is 7.46. The highest BCUT2D eigenvalue weighted by Gasteiger charge is 2.34. The zero-order chi connectivity index (χ0) is 15.6. The van der Waals surface area contributed by atoms with Crippen molar-refractivity contribution in [3.8, 4) is 0 Å². The number of carbonyl (C=O) groups is 1. The van der Waals surface area contributed by atoms with Crippen molar-refractivity contribution in [2.75, 3.05) is 0 Å². The molecule has 0 spiro atoms. The fourth-order valence-electron chi connectivity index (χ4n) is 2.20. The summed E-state index contributed by atoms with van der Waals surface area (Å²) in [7, 11) is 0. The van der Waals surface area contributed by atoms with E-state index in [1.165, 1.54) is 12.0 Å². The van der Waals surface area contributed by atoms with Gasteiger partial charge in [-0.1, -0.05) is 33.8 Å². The topological polar surface area (TPSA) is 38.7 Å². The van der Waals surface area contributed by atoms with E-state index in [1.807, 2.05) is 47.8 Å².